The predicted octanol–water partition coefficient (Wildman–Crippen LogP) is 2.61. The smallest absolute Gasteiger partial charge is 0.243 e. The SMILES string of the molecule is C=S(C)(=O)CCNc1nc(Nc2ccc(S(=O)(=O)N3CCC(N4CCOCC4)CC3)cc2OC)nc2[nH]cc(Cl)c12. The van der Waals surface area contributed by atoms with Gasteiger partial charge in [0.25, 0.3) is 0 Å². The van der Waals surface area contributed by atoms with Gasteiger partial charge in [-0.25, -0.2) is 8.42 Å². The first kappa shape index (κ1) is 29.9. The Morgan fingerprint density at radius 2 is 1.90 bits per heavy atom. The summed E-state index contributed by atoms with van der Waals surface area (Å²) in [6.45, 7) is 4.56. The Balaban J connectivity index is 1.33. The first-order valence-corrected chi connectivity index (χ1v) is 17.5. The van der Waals surface area contributed by atoms with Gasteiger partial charge in [0, 0.05) is 63.0 Å². The molecule has 2 aliphatic heterocycles. The van der Waals surface area contributed by atoms with E-state index in [2.05, 4.69) is 36.4 Å². The third-order valence-corrected chi connectivity index (χ3v) is 10.6. The van der Waals surface area contributed by atoms with Crippen LogP contribution in [0.25, 0.3) is 11.0 Å². The number of aromatic amines is 1. The van der Waals surface area contributed by atoms with Crippen molar-refractivity contribution in [1.29, 1.82) is 0 Å². The number of H-pyrrole nitrogens is 1. The quantitative estimate of drug-likeness (QED) is 0.288. The van der Waals surface area contributed by atoms with Gasteiger partial charge in [0.15, 0.2) is 0 Å². The molecule has 1 atom stereocenters. The third kappa shape index (κ3) is 6.89. The number of hydrogen-bond donors (Lipinski definition) is 3. The molecule has 0 radical (unpaired) electrons. The molecule has 4 heterocycles. The molecule has 2 aromatic heterocycles. The number of fused-ring (bicyclic) bond motifs is 1. The second-order valence-electron chi connectivity index (χ2n) is 10.3. The highest BCUT2D eigenvalue weighted by atomic mass is 35.5. The van der Waals surface area contributed by atoms with Crippen molar-refractivity contribution in [2.24, 2.45) is 0 Å². The van der Waals surface area contributed by atoms with Crippen LogP contribution in [0.15, 0.2) is 29.3 Å². The van der Waals surface area contributed by atoms with E-state index in [0.717, 1.165) is 39.1 Å². The van der Waals surface area contributed by atoms with E-state index >= 15 is 0 Å². The molecule has 2 saturated heterocycles. The fraction of sp³-hybridized carbons (Fsp3) is 0.500. The summed E-state index contributed by atoms with van der Waals surface area (Å²) in [4.78, 5) is 14.7. The van der Waals surface area contributed by atoms with Gasteiger partial charge in [0.05, 0.1) is 41.3 Å². The molecule has 0 bridgehead atoms. The first-order valence-electron chi connectivity index (χ1n) is 13.4. The molecule has 0 spiro atoms. The topological polar surface area (TPSA) is 142 Å². The normalized spacial score (nSPS) is 19.2. The number of aromatic nitrogens is 3. The molecule has 0 saturated carbocycles. The second-order valence-corrected chi connectivity index (χ2v) is 15.5. The van der Waals surface area contributed by atoms with Crippen LogP contribution in [0.1, 0.15) is 12.8 Å². The van der Waals surface area contributed by atoms with Crippen molar-refractivity contribution in [3.05, 3.63) is 29.4 Å². The molecule has 5 rings (SSSR count). The lowest BCUT2D eigenvalue weighted by Crippen LogP contribution is -2.50. The number of ether oxygens (including phenoxy) is 2. The van der Waals surface area contributed by atoms with E-state index in [0.29, 0.717) is 64.7 Å². The van der Waals surface area contributed by atoms with E-state index in [1.807, 2.05) is 0 Å². The van der Waals surface area contributed by atoms with Crippen molar-refractivity contribution in [2.75, 3.05) is 75.7 Å². The molecule has 1 unspecified atom stereocenters. The van der Waals surface area contributed by atoms with E-state index in [1.54, 1.807) is 28.9 Å². The van der Waals surface area contributed by atoms with Crippen molar-refractivity contribution in [3.63, 3.8) is 0 Å². The van der Waals surface area contributed by atoms with Gasteiger partial charge in [-0.05, 0) is 40.4 Å². The molecular weight excluding hydrogens is 590 g/mol. The maximum absolute atomic E-state index is 13.5. The van der Waals surface area contributed by atoms with Crippen molar-refractivity contribution in [3.8, 4) is 5.75 Å². The number of rotatable bonds is 10. The predicted molar refractivity (Wildman–Crippen MR) is 164 cm³/mol. The average Bonchev–Trinajstić information content (AvgIpc) is 3.33. The number of sulfonamides is 1. The molecular formula is C26H36ClN7O5S2. The van der Waals surface area contributed by atoms with Crippen LogP contribution >= 0.6 is 11.6 Å². The maximum Gasteiger partial charge on any atom is 0.243 e. The number of piperidine rings is 1. The molecule has 0 aliphatic carbocycles. The number of benzene rings is 1. The minimum Gasteiger partial charge on any atom is -0.495 e. The second kappa shape index (κ2) is 12.3. The van der Waals surface area contributed by atoms with Crippen LogP contribution < -0.4 is 15.4 Å². The summed E-state index contributed by atoms with van der Waals surface area (Å²) in [7, 11) is -4.40. The molecule has 3 aromatic rings. The highest BCUT2D eigenvalue weighted by Gasteiger charge is 2.32. The summed E-state index contributed by atoms with van der Waals surface area (Å²) < 4.78 is 51.6. The summed E-state index contributed by atoms with van der Waals surface area (Å²) in [5, 5.41) is 7.36. The van der Waals surface area contributed by atoms with Gasteiger partial charge in [-0.15, -0.1) is 0 Å². The monoisotopic (exact) mass is 625 g/mol. The Morgan fingerprint density at radius 3 is 2.59 bits per heavy atom. The van der Waals surface area contributed by atoms with Crippen LogP contribution in [-0.4, -0.2) is 114 Å². The molecule has 41 heavy (non-hydrogen) atoms. The Kier molecular flexibility index (Phi) is 8.97. The lowest BCUT2D eigenvalue weighted by molar-refractivity contribution is 0.00610. The number of nitrogens with one attached hydrogen (secondary N) is 3. The maximum atomic E-state index is 13.5. The molecule has 2 fully saturated rings. The number of anilines is 3. The molecule has 224 valence electrons. The summed E-state index contributed by atoms with van der Waals surface area (Å²) >= 11 is 6.35. The van der Waals surface area contributed by atoms with Crippen LogP contribution in [0.5, 0.6) is 5.75 Å². The van der Waals surface area contributed by atoms with Gasteiger partial charge in [-0.1, -0.05) is 11.6 Å². The molecule has 2 aliphatic rings. The molecule has 15 heteroatoms. The zero-order chi connectivity index (χ0) is 29.2. The Bertz CT molecular complexity index is 1600. The van der Waals surface area contributed by atoms with E-state index in [4.69, 9.17) is 21.1 Å². The number of nitrogens with zero attached hydrogens (tertiary/aromatic N) is 4. The average molecular weight is 626 g/mol. The van der Waals surface area contributed by atoms with Gasteiger partial charge >= 0.3 is 0 Å². The van der Waals surface area contributed by atoms with E-state index in [-0.39, 0.29) is 10.8 Å². The standard InChI is InChI=1S/C26H36ClN7O5S2/c1-38-22-16-19(41(36,37)34-9-6-18(7-10-34)33-11-13-39-14-12-33)4-5-21(22)30-26-31-24(28-8-15-40(2,3)35)23-20(27)17-29-25(23)32-26/h4-5,16-18H,2,6-15H2,1,3H3,(H3,28,29,30,31,32). The van der Waals surface area contributed by atoms with Gasteiger partial charge in [-0.2, -0.15) is 14.3 Å². The van der Waals surface area contributed by atoms with E-state index in [1.165, 1.54) is 13.2 Å². The minimum atomic E-state index is -3.70. The number of hydrogen-bond acceptors (Lipinski definition) is 10. The van der Waals surface area contributed by atoms with Crippen molar-refractivity contribution in [2.45, 2.75) is 23.8 Å². The lowest BCUT2D eigenvalue weighted by atomic mass is 10.0. The molecule has 0 amide bonds. The van der Waals surface area contributed by atoms with E-state index < -0.39 is 19.5 Å². The summed E-state index contributed by atoms with van der Waals surface area (Å²) in [6, 6.07) is 5.09. The van der Waals surface area contributed by atoms with Crippen LogP contribution in [-0.2, 0) is 24.3 Å². The van der Waals surface area contributed by atoms with Crippen LogP contribution in [0.3, 0.4) is 0 Å². The van der Waals surface area contributed by atoms with Crippen molar-refractivity contribution in [1.82, 2.24) is 24.2 Å². The zero-order valence-electron chi connectivity index (χ0n) is 23.2. The zero-order valence-corrected chi connectivity index (χ0v) is 25.6. The Labute approximate surface area is 245 Å². The first-order chi connectivity index (χ1) is 19.5. The Morgan fingerprint density at radius 1 is 1.17 bits per heavy atom. The van der Waals surface area contributed by atoms with Gasteiger partial charge in [0.1, 0.15) is 17.2 Å². The van der Waals surface area contributed by atoms with Crippen LogP contribution in [0.4, 0.5) is 17.5 Å². The Hall–Kier alpha value is -2.62. The number of morpholine rings is 1. The molecule has 12 nitrogen and oxygen atoms in total. The number of methoxy groups -OCH3 is 1. The van der Waals surface area contributed by atoms with Gasteiger partial charge in [0.2, 0.25) is 16.0 Å². The molecule has 3 N–H and O–H groups in total. The third-order valence-electron chi connectivity index (χ3n) is 7.35. The summed E-state index contributed by atoms with van der Waals surface area (Å²) in [5.74, 6) is 5.08. The fourth-order valence-electron chi connectivity index (χ4n) is 5.16. The molecule has 1 aromatic carbocycles. The van der Waals surface area contributed by atoms with Crippen molar-refractivity contribution < 1.29 is 22.1 Å². The van der Waals surface area contributed by atoms with Crippen LogP contribution in [0, 0.1) is 0 Å². The number of halogens is 1. The van der Waals surface area contributed by atoms with Crippen molar-refractivity contribution >= 4 is 65.5 Å². The summed E-state index contributed by atoms with van der Waals surface area (Å²) in [6.07, 6.45) is 4.80. The van der Waals surface area contributed by atoms with E-state index in [9.17, 15) is 12.6 Å². The van der Waals surface area contributed by atoms with Gasteiger partial charge in [-0.3, -0.25) is 9.11 Å². The lowest BCUT2D eigenvalue weighted by Gasteiger charge is -2.39. The highest BCUT2D eigenvalue weighted by Crippen LogP contribution is 2.34. The largest absolute Gasteiger partial charge is 0.495 e. The minimum absolute atomic E-state index is 0.163. The fourth-order valence-corrected chi connectivity index (χ4v) is 7.41. The van der Waals surface area contributed by atoms with Crippen LogP contribution in [0.2, 0.25) is 5.02 Å². The summed E-state index contributed by atoms with van der Waals surface area (Å²) in [5.41, 5.74) is 0.996. The van der Waals surface area contributed by atoms with Gasteiger partial charge < -0.3 is 25.1 Å². The highest BCUT2D eigenvalue weighted by molar-refractivity contribution is 7.99.